The highest BCUT2D eigenvalue weighted by Gasteiger charge is 2.32. The quantitative estimate of drug-likeness (QED) is 0.773. The molecule has 0 spiro atoms. The van der Waals surface area contributed by atoms with Gasteiger partial charge in [0.2, 0.25) is 0 Å². The van der Waals surface area contributed by atoms with Crippen molar-refractivity contribution in [2.24, 2.45) is 0 Å². The number of fused-ring (bicyclic) bond motifs is 1. The summed E-state index contributed by atoms with van der Waals surface area (Å²) >= 11 is 7.57. The molecule has 3 rings (SSSR count). The van der Waals surface area contributed by atoms with E-state index in [1.807, 2.05) is 0 Å². The highest BCUT2D eigenvalue weighted by Crippen LogP contribution is 2.24. The molecule has 0 N–H and O–H groups in total. The van der Waals surface area contributed by atoms with Gasteiger partial charge in [0.15, 0.2) is 0 Å². The number of hydrogen-bond acceptors (Lipinski definition) is 4. The molecule has 0 aromatic carbocycles. The Morgan fingerprint density at radius 3 is 3.10 bits per heavy atom. The zero-order valence-electron chi connectivity index (χ0n) is 12.9. The van der Waals surface area contributed by atoms with Crippen LogP contribution in [0, 0.1) is 0 Å². The Labute approximate surface area is 137 Å². The van der Waals surface area contributed by atoms with Crippen molar-refractivity contribution in [2.75, 3.05) is 26.2 Å². The van der Waals surface area contributed by atoms with Gasteiger partial charge < -0.3 is 0 Å². The maximum Gasteiger partial charge on any atom is 0.0929 e. The molecule has 5 heteroatoms. The average molecular weight is 328 g/mol. The number of aromatic nitrogens is 1. The van der Waals surface area contributed by atoms with Gasteiger partial charge in [-0.25, -0.2) is 4.98 Å². The highest BCUT2D eigenvalue weighted by molar-refractivity contribution is 7.09. The lowest BCUT2D eigenvalue weighted by Gasteiger charge is -2.47. The van der Waals surface area contributed by atoms with Crippen LogP contribution in [0.2, 0.25) is 0 Å². The molecule has 0 radical (unpaired) electrons. The largest absolute Gasteiger partial charge is 0.298 e. The first-order valence-electron chi connectivity index (χ1n) is 8.23. The number of hydrogen-bond donors (Lipinski definition) is 0. The van der Waals surface area contributed by atoms with E-state index >= 15 is 0 Å². The fourth-order valence-corrected chi connectivity index (χ4v) is 4.75. The van der Waals surface area contributed by atoms with Gasteiger partial charge in [-0.05, 0) is 39.3 Å². The van der Waals surface area contributed by atoms with Gasteiger partial charge in [0, 0.05) is 37.0 Å². The van der Waals surface area contributed by atoms with Crippen LogP contribution in [0.1, 0.15) is 43.3 Å². The van der Waals surface area contributed by atoms with Crippen LogP contribution < -0.4 is 0 Å². The molecular formula is C16H26ClN3S. The maximum atomic E-state index is 5.81. The fraction of sp³-hybridized carbons (Fsp3) is 0.812. The Hall–Kier alpha value is -0.160. The maximum absolute atomic E-state index is 5.81. The van der Waals surface area contributed by atoms with E-state index in [4.69, 9.17) is 11.6 Å². The topological polar surface area (TPSA) is 19.4 Å². The van der Waals surface area contributed by atoms with Crippen LogP contribution in [0.5, 0.6) is 0 Å². The van der Waals surface area contributed by atoms with Gasteiger partial charge in [-0.1, -0.05) is 6.42 Å². The van der Waals surface area contributed by atoms with Gasteiger partial charge in [0.1, 0.15) is 0 Å². The van der Waals surface area contributed by atoms with Gasteiger partial charge in [-0.15, -0.1) is 22.9 Å². The van der Waals surface area contributed by atoms with Gasteiger partial charge in [-0.2, -0.15) is 0 Å². The molecule has 0 aliphatic carbocycles. The van der Waals surface area contributed by atoms with E-state index in [9.17, 15) is 0 Å². The van der Waals surface area contributed by atoms with Crippen molar-refractivity contribution in [3.63, 3.8) is 0 Å². The third kappa shape index (κ3) is 3.98. The molecule has 3 heterocycles. The average Bonchev–Trinajstić information content (AvgIpc) is 2.96. The molecule has 1 aromatic heterocycles. The molecule has 0 bridgehead atoms. The number of nitrogens with zero attached hydrogens (tertiary/aromatic N) is 3. The lowest BCUT2D eigenvalue weighted by atomic mass is 9.97. The van der Waals surface area contributed by atoms with Gasteiger partial charge in [0.05, 0.1) is 16.6 Å². The number of halogens is 1. The van der Waals surface area contributed by atoms with Crippen LogP contribution in [0.4, 0.5) is 0 Å². The summed E-state index contributed by atoms with van der Waals surface area (Å²) in [6.45, 7) is 7.45. The number of aryl methyl sites for hydroxylation is 1. The van der Waals surface area contributed by atoms with E-state index in [1.165, 1.54) is 56.9 Å². The summed E-state index contributed by atoms with van der Waals surface area (Å²) in [7, 11) is 0. The molecule has 0 amide bonds. The Morgan fingerprint density at radius 2 is 2.29 bits per heavy atom. The molecule has 2 atom stereocenters. The Morgan fingerprint density at radius 1 is 1.38 bits per heavy atom. The number of rotatable bonds is 5. The minimum atomic E-state index is 0.539. The molecular weight excluding hydrogens is 302 g/mol. The highest BCUT2D eigenvalue weighted by atomic mass is 35.5. The molecule has 1 aromatic rings. The van der Waals surface area contributed by atoms with Crippen LogP contribution in [0.15, 0.2) is 5.38 Å². The zero-order valence-corrected chi connectivity index (χ0v) is 14.5. The van der Waals surface area contributed by atoms with Crippen LogP contribution >= 0.6 is 22.9 Å². The summed E-state index contributed by atoms with van der Waals surface area (Å²) in [6, 6.07) is 1.52. The molecule has 21 heavy (non-hydrogen) atoms. The van der Waals surface area contributed by atoms with E-state index in [0.29, 0.717) is 11.9 Å². The van der Waals surface area contributed by atoms with Crippen LogP contribution in [-0.4, -0.2) is 53.0 Å². The second-order valence-corrected chi connectivity index (χ2v) is 7.67. The van der Waals surface area contributed by atoms with E-state index in [0.717, 1.165) is 18.2 Å². The number of piperidine rings is 1. The van der Waals surface area contributed by atoms with Crippen LogP contribution in [-0.2, 0) is 12.3 Å². The first-order valence-corrected chi connectivity index (χ1v) is 9.65. The predicted octanol–water partition coefficient (Wildman–Crippen LogP) is 3.37. The summed E-state index contributed by atoms with van der Waals surface area (Å²) in [5.74, 6) is 0.539. The first kappa shape index (κ1) is 15.7. The van der Waals surface area contributed by atoms with Crippen molar-refractivity contribution in [1.82, 2.24) is 14.8 Å². The second kappa shape index (κ2) is 7.40. The van der Waals surface area contributed by atoms with Gasteiger partial charge in [-0.3, -0.25) is 9.80 Å². The smallest absolute Gasteiger partial charge is 0.0929 e. The SMILES string of the molecule is CC1CN2CCCCC2CN1CCCc1nc(CCl)cs1. The van der Waals surface area contributed by atoms with Gasteiger partial charge in [0.25, 0.3) is 0 Å². The van der Waals surface area contributed by atoms with E-state index in [-0.39, 0.29) is 0 Å². The van der Waals surface area contributed by atoms with E-state index < -0.39 is 0 Å². The minimum absolute atomic E-state index is 0.539. The molecule has 2 aliphatic rings. The monoisotopic (exact) mass is 327 g/mol. The molecule has 2 unspecified atom stereocenters. The Kier molecular flexibility index (Phi) is 5.54. The van der Waals surface area contributed by atoms with Crippen LogP contribution in [0.25, 0.3) is 0 Å². The zero-order chi connectivity index (χ0) is 14.7. The molecule has 0 saturated carbocycles. The fourth-order valence-electron chi connectivity index (χ4n) is 3.68. The molecule has 2 aliphatic heterocycles. The predicted molar refractivity (Wildman–Crippen MR) is 90.2 cm³/mol. The minimum Gasteiger partial charge on any atom is -0.298 e. The number of thiazole rings is 1. The molecule has 2 saturated heterocycles. The first-order chi connectivity index (χ1) is 10.3. The summed E-state index contributed by atoms with van der Waals surface area (Å²) in [6.07, 6.45) is 6.53. The Bertz CT molecular complexity index is 450. The third-order valence-electron chi connectivity index (χ3n) is 4.89. The normalized spacial score (nSPS) is 27.7. The summed E-state index contributed by atoms with van der Waals surface area (Å²) in [4.78, 5) is 9.97. The van der Waals surface area contributed by atoms with Gasteiger partial charge >= 0.3 is 0 Å². The second-order valence-electron chi connectivity index (χ2n) is 6.46. The lowest BCUT2D eigenvalue weighted by Crippen LogP contribution is -2.58. The number of alkyl halides is 1. The summed E-state index contributed by atoms with van der Waals surface area (Å²) < 4.78 is 0. The summed E-state index contributed by atoms with van der Waals surface area (Å²) in [5, 5.41) is 3.33. The molecule has 2 fully saturated rings. The van der Waals surface area contributed by atoms with Crippen molar-refractivity contribution in [2.45, 2.75) is 57.0 Å². The van der Waals surface area contributed by atoms with Crippen molar-refractivity contribution in [1.29, 1.82) is 0 Å². The van der Waals surface area contributed by atoms with Crippen molar-refractivity contribution < 1.29 is 0 Å². The summed E-state index contributed by atoms with van der Waals surface area (Å²) in [5.41, 5.74) is 1.03. The van der Waals surface area contributed by atoms with E-state index in [2.05, 4.69) is 27.1 Å². The standard InChI is InChI=1S/C16H26ClN3S/c1-13-10-20-7-3-2-5-15(20)11-19(13)8-4-6-16-18-14(9-17)12-21-16/h12-13,15H,2-11H2,1H3. The van der Waals surface area contributed by atoms with Crippen molar-refractivity contribution in [3.05, 3.63) is 16.1 Å². The lowest BCUT2D eigenvalue weighted by molar-refractivity contribution is 0.0149. The number of piperazine rings is 1. The van der Waals surface area contributed by atoms with E-state index in [1.54, 1.807) is 11.3 Å². The molecule has 118 valence electrons. The third-order valence-corrected chi connectivity index (χ3v) is 6.12. The van der Waals surface area contributed by atoms with Crippen molar-refractivity contribution >= 4 is 22.9 Å². The van der Waals surface area contributed by atoms with Crippen LogP contribution in [0.3, 0.4) is 0 Å². The van der Waals surface area contributed by atoms with Crippen molar-refractivity contribution in [3.8, 4) is 0 Å². The molecule has 3 nitrogen and oxygen atoms in total. The Balaban J connectivity index is 1.46.